The third kappa shape index (κ3) is 4.84. The van der Waals surface area contributed by atoms with Crippen LogP contribution >= 0.6 is 0 Å². The molecule has 0 aliphatic rings. The number of ether oxygens (including phenoxy) is 1. The molecule has 154 valence electrons. The Morgan fingerprint density at radius 2 is 1.57 bits per heavy atom. The van der Waals surface area contributed by atoms with Gasteiger partial charge >= 0.3 is 5.97 Å². The number of esters is 1. The summed E-state index contributed by atoms with van der Waals surface area (Å²) in [6.07, 6.45) is 0. The van der Waals surface area contributed by atoms with Crippen molar-refractivity contribution in [3.05, 3.63) is 89.5 Å². The number of carbonyl (C=O) groups is 2. The van der Waals surface area contributed by atoms with Crippen LogP contribution in [0.5, 0.6) is 0 Å². The van der Waals surface area contributed by atoms with E-state index in [0.29, 0.717) is 16.9 Å². The number of aryl methyl sites for hydroxylation is 1. The van der Waals surface area contributed by atoms with Crippen LogP contribution in [0.15, 0.2) is 77.7 Å². The van der Waals surface area contributed by atoms with Crippen LogP contribution in [0.1, 0.15) is 26.3 Å². The molecule has 2 N–H and O–H groups in total. The van der Waals surface area contributed by atoms with E-state index in [-0.39, 0.29) is 10.5 Å². The Morgan fingerprint density at radius 3 is 2.23 bits per heavy atom. The van der Waals surface area contributed by atoms with Crippen molar-refractivity contribution < 1.29 is 22.7 Å². The number of methoxy groups -OCH3 is 1. The van der Waals surface area contributed by atoms with E-state index in [9.17, 15) is 18.0 Å². The van der Waals surface area contributed by atoms with Crippen molar-refractivity contribution in [2.24, 2.45) is 0 Å². The number of carbonyl (C=O) groups excluding carboxylic acids is 2. The van der Waals surface area contributed by atoms with Crippen LogP contribution in [0.4, 0.5) is 11.4 Å². The van der Waals surface area contributed by atoms with E-state index in [1.807, 2.05) is 6.07 Å². The number of amides is 1. The van der Waals surface area contributed by atoms with Gasteiger partial charge in [0.2, 0.25) is 0 Å². The lowest BCUT2D eigenvalue weighted by atomic mass is 10.2. The number of benzene rings is 3. The van der Waals surface area contributed by atoms with Crippen LogP contribution in [0.2, 0.25) is 0 Å². The molecular weight excluding hydrogens is 404 g/mol. The maximum atomic E-state index is 12.7. The topological polar surface area (TPSA) is 102 Å². The first-order chi connectivity index (χ1) is 14.3. The van der Waals surface area contributed by atoms with Gasteiger partial charge < -0.3 is 10.1 Å². The lowest BCUT2D eigenvalue weighted by molar-refractivity contribution is 0.0600. The summed E-state index contributed by atoms with van der Waals surface area (Å²) in [4.78, 5) is 24.0. The normalized spacial score (nSPS) is 10.9. The molecule has 0 aliphatic heterocycles. The zero-order chi connectivity index (χ0) is 21.7. The molecule has 0 aliphatic carbocycles. The van der Waals surface area contributed by atoms with Gasteiger partial charge in [0, 0.05) is 11.3 Å². The molecule has 0 aromatic heterocycles. The fourth-order valence-corrected chi connectivity index (χ4v) is 3.88. The first-order valence-electron chi connectivity index (χ1n) is 8.98. The highest BCUT2D eigenvalue weighted by Gasteiger charge is 2.17. The minimum Gasteiger partial charge on any atom is -0.465 e. The number of nitrogens with one attached hydrogen (secondary N) is 2. The Morgan fingerprint density at radius 1 is 0.867 bits per heavy atom. The van der Waals surface area contributed by atoms with Crippen LogP contribution in [0, 0.1) is 6.92 Å². The molecule has 3 aromatic carbocycles. The van der Waals surface area contributed by atoms with Gasteiger partial charge in [-0.25, -0.2) is 13.2 Å². The van der Waals surface area contributed by atoms with E-state index in [2.05, 4.69) is 14.8 Å². The van der Waals surface area contributed by atoms with E-state index in [1.165, 1.54) is 43.5 Å². The van der Waals surface area contributed by atoms with Crippen LogP contribution < -0.4 is 10.0 Å². The van der Waals surface area contributed by atoms with Crippen molar-refractivity contribution in [3.8, 4) is 0 Å². The smallest absolute Gasteiger partial charge is 0.337 e. The van der Waals surface area contributed by atoms with Gasteiger partial charge in [0.15, 0.2) is 0 Å². The summed E-state index contributed by atoms with van der Waals surface area (Å²) in [5.74, 6) is -0.958. The SMILES string of the molecule is COC(=O)c1ccc(NC(=O)c2cccc(S(=O)(=O)Nc3ccccc3C)c2)cc1. The summed E-state index contributed by atoms with van der Waals surface area (Å²) in [6, 6.07) is 18.9. The molecule has 1 amide bonds. The molecule has 8 heteroatoms. The lowest BCUT2D eigenvalue weighted by Gasteiger charge is -2.11. The number of anilines is 2. The van der Waals surface area contributed by atoms with Gasteiger partial charge in [-0.1, -0.05) is 24.3 Å². The van der Waals surface area contributed by atoms with Gasteiger partial charge in [0.1, 0.15) is 0 Å². The zero-order valence-corrected chi connectivity index (χ0v) is 17.2. The molecular formula is C22H20N2O5S. The quantitative estimate of drug-likeness (QED) is 0.586. The maximum Gasteiger partial charge on any atom is 0.337 e. The van der Waals surface area contributed by atoms with Gasteiger partial charge in [-0.2, -0.15) is 0 Å². The number of rotatable bonds is 6. The van der Waals surface area contributed by atoms with Gasteiger partial charge in [-0.3, -0.25) is 9.52 Å². The van der Waals surface area contributed by atoms with Crippen LogP contribution in [-0.2, 0) is 14.8 Å². The largest absolute Gasteiger partial charge is 0.465 e. The second-order valence-corrected chi connectivity index (χ2v) is 8.15. The number of para-hydroxylation sites is 1. The molecule has 0 saturated heterocycles. The van der Waals surface area contributed by atoms with Crippen LogP contribution in [-0.4, -0.2) is 27.4 Å². The first kappa shape index (κ1) is 21.1. The summed E-state index contributed by atoms with van der Waals surface area (Å²) in [5.41, 5.74) is 2.24. The lowest BCUT2D eigenvalue weighted by Crippen LogP contribution is -2.16. The zero-order valence-electron chi connectivity index (χ0n) is 16.4. The average molecular weight is 424 g/mol. The van der Waals surface area contributed by atoms with E-state index >= 15 is 0 Å². The Balaban J connectivity index is 1.78. The summed E-state index contributed by atoms with van der Waals surface area (Å²) in [5, 5.41) is 2.67. The van der Waals surface area contributed by atoms with Crippen molar-refractivity contribution in [2.75, 3.05) is 17.1 Å². The molecule has 0 heterocycles. The fraction of sp³-hybridized carbons (Fsp3) is 0.0909. The minimum atomic E-state index is -3.86. The second kappa shape index (κ2) is 8.79. The van der Waals surface area contributed by atoms with Crippen molar-refractivity contribution >= 4 is 33.3 Å². The number of hydrogen-bond acceptors (Lipinski definition) is 5. The van der Waals surface area contributed by atoms with Crippen molar-refractivity contribution in [1.82, 2.24) is 0 Å². The van der Waals surface area contributed by atoms with Gasteiger partial charge in [-0.05, 0) is 61.0 Å². The van der Waals surface area contributed by atoms with Gasteiger partial charge in [0.05, 0.1) is 23.3 Å². The van der Waals surface area contributed by atoms with E-state index in [4.69, 9.17) is 0 Å². The van der Waals surface area contributed by atoms with Gasteiger partial charge in [-0.15, -0.1) is 0 Å². The Kier molecular flexibility index (Phi) is 6.17. The highest BCUT2D eigenvalue weighted by atomic mass is 32.2. The predicted octanol–water partition coefficient (Wildman–Crippen LogP) is 3.83. The Labute approximate surface area is 174 Å². The van der Waals surface area contributed by atoms with Crippen LogP contribution in [0.3, 0.4) is 0 Å². The minimum absolute atomic E-state index is 0.0283. The number of sulfonamides is 1. The third-order valence-electron chi connectivity index (χ3n) is 4.36. The molecule has 0 radical (unpaired) electrons. The molecule has 0 saturated carbocycles. The molecule has 0 unspecified atom stereocenters. The van der Waals surface area contributed by atoms with Crippen molar-refractivity contribution in [2.45, 2.75) is 11.8 Å². The summed E-state index contributed by atoms with van der Waals surface area (Å²) < 4.78 is 32.6. The van der Waals surface area contributed by atoms with E-state index in [1.54, 1.807) is 37.3 Å². The molecule has 30 heavy (non-hydrogen) atoms. The van der Waals surface area contributed by atoms with Crippen molar-refractivity contribution in [3.63, 3.8) is 0 Å². The molecule has 0 fully saturated rings. The Bertz CT molecular complexity index is 1190. The predicted molar refractivity (Wildman–Crippen MR) is 114 cm³/mol. The van der Waals surface area contributed by atoms with E-state index in [0.717, 1.165) is 5.56 Å². The summed E-state index contributed by atoms with van der Waals surface area (Å²) >= 11 is 0. The third-order valence-corrected chi connectivity index (χ3v) is 5.72. The highest BCUT2D eigenvalue weighted by Crippen LogP contribution is 2.20. The van der Waals surface area contributed by atoms with Crippen LogP contribution in [0.25, 0.3) is 0 Å². The molecule has 3 aromatic rings. The molecule has 0 atom stereocenters. The first-order valence-corrected chi connectivity index (χ1v) is 10.5. The summed E-state index contributed by atoms with van der Waals surface area (Å²) in [7, 11) is -2.58. The molecule has 0 bridgehead atoms. The molecule has 0 spiro atoms. The number of hydrogen-bond donors (Lipinski definition) is 2. The van der Waals surface area contributed by atoms with Gasteiger partial charge in [0.25, 0.3) is 15.9 Å². The summed E-state index contributed by atoms with van der Waals surface area (Å²) in [6.45, 7) is 1.80. The monoisotopic (exact) mass is 424 g/mol. The van der Waals surface area contributed by atoms with Crippen molar-refractivity contribution in [1.29, 1.82) is 0 Å². The second-order valence-electron chi connectivity index (χ2n) is 6.47. The van der Waals surface area contributed by atoms with E-state index < -0.39 is 21.9 Å². The molecule has 3 rings (SSSR count). The molecule has 7 nitrogen and oxygen atoms in total. The Hall–Kier alpha value is -3.65. The fourth-order valence-electron chi connectivity index (χ4n) is 2.71. The average Bonchev–Trinajstić information content (AvgIpc) is 2.75. The highest BCUT2D eigenvalue weighted by molar-refractivity contribution is 7.92. The standard InChI is InChI=1S/C22H20N2O5S/c1-15-6-3-4-9-20(15)24-30(27,28)19-8-5-7-17(14-19)21(25)23-18-12-10-16(11-13-18)22(26)29-2/h3-14,24H,1-2H3,(H,23,25). The maximum absolute atomic E-state index is 12.7.